The normalized spacial score (nSPS) is 15.1. The third-order valence-electron chi connectivity index (χ3n) is 5.21. The van der Waals surface area contributed by atoms with Crippen molar-refractivity contribution in [1.29, 1.82) is 0 Å². The molecule has 1 aliphatic carbocycles. The van der Waals surface area contributed by atoms with Crippen molar-refractivity contribution < 1.29 is 24.1 Å². The molecule has 8 heteroatoms. The predicted molar refractivity (Wildman–Crippen MR) is 113 cm³/mol. The first-order valence-electron chi connectivity index (χ1n) is 9.47. The fourth-order valence-corrected chi connectivity index (χ4v) is 4.09. The van der Waals surface area contributed by atoms with Crippen LogP contribution in [0.5, 0.6) is 17.2 Å². The average Bonchev–Trinajstić information content (AvgIpc) is 3.27. The van der Waals surface area contributed by atoms with E-state index in [1.807, 2.05) is 30.5 Å². The van der Waals surface area contributed by atoms with Crippen molar-refractivity contribution in [2.24, 2.45) is 0 Å². The molecule has 0 saturated heterocycles. The Hall–Kier alpha value is -3.26. The second kappa shape index (κ2) is 8.23. The Balaban J connectivity index is 0.000000145. The molecule has 3 aromatic rings. The van der Waals surface area contributed by atoms with Crippen LogP contribution in [0.2, 0.25) is 0 Å². The zero-order valence-corrected chi connectivity index (χ0v) is 17.3. The number of thiazole rings is 1. The third kappa shape index (κ3) is 4.04. The Kier molecular flexibility index (Phi) is 5.50. The van der Waals surface area contributed by atoms with Gasteiger partial charge in [-0.2, -0.15) is 0 Å². The van der Waals surface area contributed by atoms with Crippen LogP contribution >= 0.6 is 11.3 Å². The molecule has 2 aliphatic rings. The number of carbonyl (C=O) groups is 1. The number of nitrogens with zero attached hydrogens (tertiary/aromatic N) is 1. The Morgan fingerprint density at radius 2 is 2.00 bits per heavy atom. The Morgan fingerprint density at radius 1 is 1.23 bits per heavy atom. The molecule has 1 aliphatic heterocycles. The number of aliphatic carboxylic acids is 1. The average molecular weight is 426 g/mol. The lowest BCUT2D eigenvalue weighted by Crippen LogP contribution is -2.19. The maximum atomic E-state index is 11.1. The predicted octanol–water partition coefficient (Wildman–Crippen LogP) is 3.86. The molecule has 1 saturated carbocycles. The molecule has 0 spiro atoms. The van der Waals surface area contributed by atoms with Crippen molar-refractivity contribution in [3.8, 4) is 17.2 Å². The van der Waals surface area contributed by atoms with Crippen molar-refractivity contribution in [3.05, 3.63) is 64.7 Å². The minimum absolute atomic E-state index is 0.221. The van der Waals surface area contributed by atoms with Crippen LogP contribution < -0.4 is 19.9 Å². The molecule has 0 amide bonds. The third-order valence-corrected chi connectivity index (χ3v) is 6.04. The standard InChI is InChI=1S/C11H12N2OS.C11H10O4/c1-14-10-5-3-2-4-8(10)6-9-7-13-11(12)15-9;12-10(13)11(3-4-11)7-1-2-8-9(5-7)15-6-14-8/h2-5,7H,6H2,1H3,(H2,12,13);1-2,5H,3-4,6H2,(H,12,13). The number of benzene rings is 2. The van der Waals surface area contributed by atoms with E-state index in [1.54, 1.807) is 19.2 Å². The highest BCUT2D eigenvalue weighted by Gasteiger charge is 2.52. The van der Waals surface area contributed by atoms with Gasteiger partial charge < -0.3 is 25.1 Å². The summed E-state index contributed by atoms with van der Waals surface area (Å²) in [5.74, 6) is 1.51. The summed E-state index contributed by atoms with van der Waals surface area (Å²) < 4.78 is 15.7. The number of ether oxygens (including phenoxy) is 3. The van der Waals surface area contributed by atoms with Crippen molar-refractivity contribution >= 4 is 22.4 Å². The number of fused-ring (bicyclic) bond motifs is 1. The Bertz CT molecular complexity index is 1060. The van der Waals surface area contributed by atoms with Gasteiger partial charge >= 0.3 is 5.97 Å². The van der Waals surface area contributed by atoms with E-state index < -0.39 is 11.4 Å². The van der Waals surface area contributed by atoms with Crippen LogP contribution in [0.25, 0.3) is 0 Å². The molecule has 0 unspecified atom stereocenters. The van der Waals surface area contributed by atoms with Gasteiger partial charge in [-0.1, -0.05) is 24.3 Å². The quantitative estimate of drug-likeness (QED) is 0.638. The van der Waals surface area contributed by atoms with E-state index >= 15 is 0 Å². The number of anilines is 1. The highest BCUT2D eigenvalue weighted by atomic mass is 32.1. The van der Waals surface area contributed by atoms with Gasteiger partial charge in [-0.25, -0.2) is 4.98 Å². The van der Waals surface area contributed by atoms with E-state index in [0.29, 0.717) is 29.5 Å². The van der Waals surface area contributed by atoms with Gasteiger partial charge in [-0.15, -0.1) is 11.3 Å². The van der Waals surface area contributed by atoms with Crippen LogP contribution in [0.1, 0.15) is 28.8 Å². The minimum Gasteiger partial charge on any atom is -0.496 e. The van der Waals surface area contributed by atoms with E-state index in [1.165, 1.54) is 11.3 Å². The number of para-hydroxylation sites is 1. The second-order valence-corrected chi connectivity index (χ2v) is 8.26. The van der Waals surface area contributed by atoms with Gasteiger partial charge in [0.2, 0.25) is 6.79 Å². The lowest BCUT2D eigenvalue weighted by atomic mass is 9.96. The molecule has 0 bridgehead atoms. The fourth-order valence-electron chi connectivity index (χ4n) is 3.39. The smallest absolute Gasteiger partial charge is 0.314 e. The maximum absolute atomic E-state index is 11.1. The molecule has 1 aromatic heterocycles. The summed E-state index contributed by atoms with van der Waals surface area (Å²) in [5, 5.41) is 9.74. The van der Waals surface area contributed by atoms with E-state index in [9.17, 15) is 4.79 Å². The Labute approximate surface area is 178 Å². The number of hydrogen-bond donors (Lipinski definition) is 2. The number of aromatic nitrogens is 1. The van der Waals surface area contributed by atoms with Crippen molar-refractivity contribution in [2.75, 3.05) is 19.6 Å². The summed E-state index contributed by atoms with van der Waals surface area (Å²) >= 11 is 1.51. The van der Waals surface area contributed by atoms with Gasteiger partial charge in [0, 0.05) is 17.5 Å². The lowest BCUT2D eigenvalue weighted by Gasteiger charge is -2.10. The summed E-state index contributed by atoms with van der Waals surface area (Å²) in [5.41, 5.74) is 6.89. The molecular weight excluding hydrogens is 404 g/mol. The van der Waals surface area contributed by atoms with E-state index in [2.05, 4.69) is 11.1 Å². The first-order valence-corrected chi connectivity index (χ1v) is 10.3. The largest absolute Gasteiger partial charge is 0.496 e. The minimum atomic E-state index is -0.749. The zero-order chi connectivity index (χ0) is 21.1. The number of methoxy groups -OCH3 is 1. The number of nitrogens with two attached hydrogens (primary N) is 1. The van der Waals surface area contributed by atoms with Crippen LogP contribution in [0, 0.1) is 0 Å². The molecule has 156 valence electrons. The molecular formula is C22H22N2O5S. The summed E-state index contributed by atoms with van der Waals surface area (Å²) in [7, 11) is 1.68. The van der Waals surface area contributed by atoms with Crippen molar-refractivity contribution in [2.45, 2.75) is 24.7 Å². The lowest BCUT2D eigenvalue weighted by molar-refractivity contribution is -0.140. The fraction of sp³-hybridized carbons (Fsp3) is 0.273. The van der Waals surface area contributed by atoms with Crippen LogP contribution in [-0.4, -0.2) is 30.0 Å². The summed E-state index contributed by atoms with van der Waals surface area (Å²) in [4.78, 5) is 16.3. The van der Waals surface area contributed by atoms with E-state index in [0.717, 1.165) is 28.2 Å². The van der Waals surface area contributed by atoms with Crippen molar-refractivity contribution in [3.63, 3.8) is 0 Å². The molecule has 7 nitrogen and oxygen atoms in total. The molecule has 3 N–H and O–H groups in total. The topological polar surface area (TPSA) is 104 Å². The van der Waals surface area contributed by atoms with Gasteiger partial charge in [-0.05, 0) is 42.2 Å². The molecule has 5 rings (SSSR count). The SMILES string of the molecule is COc1ccccc1Cc1cnc(N)s1.O=C(O)C1(c2ccc3c(c2)OCO3)CC1. The molecule has 0 radical (unpaired) electrons. The molecule has 2 aromatic carbocycles. The van der Waals surface area contributed by atoms with E-state index in [4.69, 9.17) is 25.1 Å². The summed E-state index contributed by atoms with van der Waals surface area (Å²) in [6, 6.07) is 13.3. The summed E-state index contributed by atoms with van der Waals surface area (Å²) in [6.07, 6.45) is 4.05. The number of nitrogen functional groups attached to an aromatic ring is 1. The summed E-state index contributed by atoms with van der Waals surface area (Å²) in [6.45, 7) is 0.221. The second-order valence-electron chi connectivity index (χ2n) is 7.11. The first-order chi connectivity index (χ1) is 14.5. The monoisotopic (exact) mass is 426 g/mol. The van der Waals surface area contributed by atoms with Gasteiger partial charge in [0.1, 0.15) is 5.75 Å². The molecule has 1 fully saturated rings. The van der Waals surface area contributed by atoms with Crippen LogP contribution in [0.3, 0.4) is 0 Å². The molecule has 30 heavy (non-hydrogen) atoms. The Morgan fingerprint density at radius 3 is 2.67 bits per heavy atom. The van der Waals surface area contributed by atoms with Crippen LogP contribution in [0.4, 0.5) is 5.13 Å². The molecule has 2 heterocycles. The van der Waals surface area contributed by atoms with Gasteiger partial charge in [0.25, 0.3) is 0 Å². The molecule has 0 atom stereocenters. The van der Waals surface area contributed by atoms with Gasteiger partial charge in [-0.3, -0.25) is 4.79 Å². The first kappa shape index (κ1) is 20.0. The van der Waals surface area contributed by atoms with E-state index in [-0.39, 0.29) is 6.79 Å². The number of hydrogen-bond acceptors (Lipinski definition) is 7. The number of carboxylic acids is 1. The van der Waals surface area contributed by atoms with Crippen LogP contribution in [0.15, 0.2) is 48.7 Å². The van der Waals surface area contributed by atoms with Gasteiger partial charge in [0.05, 0.1) is 12.5 Å². The highest BCUT2D eigenvalue weighted by Crippen LogP contribution is 2.50. The highest BCUT2D eigenvalue weighted by molar-refractivity contribution is 7.15. The number of carboxylic acid groups (broad SMARTS) is 1. The maximum Gasteiger partial charge on any atom is 0.314 e. The van der Waals surface area contributed by atoms with Gasteiger partial charge in [0.15, 0.2) is 16.6 Å². The zero-order valence-electron chi connectivity index (χ0n) is 16.5. The van der Waals surface area contributed by atoms with Crippen LogP contribution in [-0.2, 0) is 16.6 Å². The van der Waals surface area contributed by atoms with Crippen molar-refractivity contribution in [1.82, 2.24) is 4.98 Å². The number of rotatable bonds is 5.